The van der Waals surface area contributed by atoms with E-state index in [1.54, 1.807) is 14.0 Å². The molecule has 0 spiro atoms. The van der Waals surface area contributed by atoms with Crippen LogP contribution in [0.3, 0.4) is 0 Å². The van der Waals surface area contributed by atoms with Gasteiger partial charge in [0.05, 0.1) is 19.6 Å². The van der Waals surface area contributed by atoms with Crippen LogP contribution in [-0.2, 0) is 26.0 Å². The first-order valence-corrected chi connectivity index (χ1v) is 11.6. The van der Waals surface area contributed by atoms with Crippen molar-refractivity contribution in [1.82, 2.24) is 0 Å². The second kappa shape index (κ2) is 6.95. The Kier molecular flexibility index (Phi) is 5.36. The summed E-state index contributed by atoms with van der Waals surface area (Å²) in [6.07, 6.45) is 0.857. The topological polar surface area (TPSA) is 68.5 Å². The van der Waals surface area contributed by atoms with Gasteiger partial charge in [0.1, 0.15) is 11.8 Å². The Balaban J connectivity index is 2.53. The Hall–Kier alpha value is -1.84. The minimum absolute atomic E-state index is 0.273. The Morgan fingerprint density at radius 2 is 2.12 bits per heavy atom. The Morgan fingerprint density at radius 3 is 2.67 bits per heavy atom. The molecule has 1 aliphatic carbocycles. The lowest BCUT2D eigenvalue weighted by Crippen LogP contribution is -2.45. The van der Waals surface area contributed by atoms with E-state index in [0.29, 0.717) is 25.2 Å². The lowest BCUT2D eigenvalue weighted by Gasteiger charge is -2.40. The summed E-state index contributed by atoms with van der Waals surface area (Å²) >= 11 is 0. The van der Waals surface area contributed by atoms with E-state index in [-0.39, 0.29) is 11.9 Å². The fourth-order valence-electron chi connectivity index (χ4n) is 3.23. The molecule has 0 aromatic heterocycles. The van der Waals surface area contributed by atoms with Crippen LogP contribution in [-0.4, -0.2) is 28.0 Å². The van der Waals surface area contributed by atoms with Crippen LogP contribution < -0.4 is 4.74 Å². The number of carbonyl (C=O) groups excluding carboxylic acids is 1. The van der Waals surface area contributed by atoms with Crippen LogP contribution >= 0.6 is 0 Å². The Labute approximate surface area is 144 Å². The Morgan fingerprint density at radius 1 is 1.42 bits per heavy atom. The number of benzene rings is 1. The van der Waals surface area contributed by atoms with Crippen LogP contribution in [0.4, 0.5) is 0 Å². The molecule has 130 valence electrons. The number of ether oxygens (including phenoxy) is 2. The number of nitrogens with zero attached hydrogens (tertiary/aromatic N) is 1. The molecule has 5 nitrogen and oxygen atoms in total. The van der Waals surface area contributed by atoms with Crippen molar-refractivity contribution in [2.45, 2.75) is 45.0 Å². The van der Waals surface area contributed by atoms with Crippen molar-refractivity contribution in [2.75, 3.05) is 13.7 Å². The molecule has 24 heavy (non-hydrogen) atoms. The summed E-state index contributed by atoms with van der Waals surface area (Å²) in [5.41, 5.74) is 0.647. The summed E-state index contributed by atoms with van der Waals surface area (Å²) < 4.78 is 16.8. The number of rotatable bonds is 5. The number of fused-ring (bicyclic) bond motifs is 1. The minimum atomic E-state index is -2.02. The average molecular weight is 347 g/mol. The SMILES string of the molecule is CCOC(=O)C1Cc2cc(OC)ccc2C(C#N)(O[Si](C)(C)C)C1. The van der Waals surface area contributed by atoms with E-state index in [0.717, 1.165) is 11.1 Å². The smallest absolute Gasteiger partial charge is 0.309 e. The zero-order chi connectivity index (χ0) is 18.0. The first-order valence-electron chi connectivity index (χ1n) is 8.20. The van der Waals surface area contributed by atoms with Crippen molar-refractivity contribution in [3.8, 4) is 11.8 Å². The highest BCUT2D eigenvalue weighted by Crippen LogP contribution is 2.43. The summed E-state index contributed by atoms with van der Waals surface area (Å²) in [5, 5.41) is 9.97. The fourth-order valence-corrected chi connectivity index (χ4v) is 4.51. The van der Waals surface area contributed by atoms with Gasteiger partial charge in [-0.2, -0.15) is 5.26 Å². The standard InChI is InChI=1S/C18H25NO4Si/c1-6-22-17(20)14-9-13-10-15(21-2)7-8-16(13)18(11-14,12-19)23-24(3,4)5/h7-8,10,14H,6,9,11H2,1-5H3. The van der Waals surface area contributed by atoms with E-state index >= 15 is 0 Å². The molecule has 6 heteroatoms. The van der Waals surface area contributed by atoms with Crippen LogP contribution in [0.1, 0.15) is 24.5 Å². The summed E-state index contributed by atoms with van der Waals surface area (Å²) in [6, 6.07) is 7.97. The molecule has 0 amide bonds. The molecule has 2 atom stereocenters. The number of esters is 1. The van der Waals surface area contributed by atoms with Crippen LogP contribution in [0.25, 0.3) is 0 Å². The Bertz CT molecular complexity index is 662. The van der Waals surface area contributed by atoms with Gasteiger partial charge < -0.3 is 13.9 Å². The van der Waals surface area contributed by atoms with Gasteiger partial charge in [-0.15, -0.1) is 0 Å². The molecule has 1 aromatic carbocycles. The molecule has 0 aliphatic heterocycles. The highest BCUT2D eigenvalue weighted by atomic mass is 28.4. The second-order valence-electron chi connectivity index (χ2n) is 7.03. The molecule has 0 saturated heterocycles. The van der Waals surface area contributed by atoms with Crippen molar-refractivity contribution in [1.29, 1.82) is 5.26 Å². The molecule has 0 heterocycles. The molecule has 0 fully saturated rings. The van der Waals surface area contributed by atoms with Gasteiger partial charge >= 0.3 is 5.97 Å². The van der Waals surface area contributed by atoms with Gasteiger partial charge in [0.15, 0.2) is 13.9 Å². The molecule has 2 rings (SSSR count). The third-order valence-corrected chi connectivity index (χ3v) is 4.99. The average Bonchev–Trinajstić information content (AvgIpc) is 2.52. The predicted molar refractivity (Wildman–Crippen MR) is 93.2 cm³/mol. The molecular weight excluding hydrogens is 322 g/mol. The summed E-state index contributed by atoms with van der Waals surface area (Å²) in [5.74, 6) is 0.0448. The van der Waals surface area contributed by atoms with Crippen LogP contribution in [0.5, 0.6) is 5.75 Å². The van der Waals surface area contributed by atoms with E-state index in [9.17, 15) is 10.1 Å². The quantitative estimate of drug-likeness (QED) is 0.603. The van der Waals surface area contributed by atoms with Gasteiger partial charge in [-0.1, -0.05) is 6.07 Å². The lowest BCUT2D eigenvalue weighted by atomic mass is 9.74. The lowest BCUT2D eigenvalue weighted by molar-refractivity contribution is -0.150. The first kappa shape index (κ1) is 18.5. The number of hydrogen-bond donors (Lipinski definition) is 0. The second-order valence-corrected chi connectivity index (χ2v) is 11.5. The van der Waals surface area contributed by atoms with Crippen molar-refractivity contribution in [3.05, 3.63) is 29.3 Å². The number of carbonyl (C=O) groups is 1. The predicted octanol–water partition coefficient (Wildman–Crippen LogP) is 3.39. The van der Waals surface area contributed by atoms with Gasteiger partial charge in [0, 0.05) is 12.0 Å². The third kappa shape index (κ3) is 3.79. The van der Waals surface area contributed by atoms with E-state index in [1.165, 1.54) is 0 Å². The largest absolute Gasteiger partial charge is 0.497 e. The summed E-state index contributed by atoms with van der Waals surface area (Å²) in [7, 11) is -0.416. The first-order chi connectivity index (χ1) is 11.2. The van der Waals surface area contributed by atoms with Crippen molar-refractivity contribution >= 4 is 14.3 Å². The highest BCUT2D eigenvalue weighted by Gasteiger charge is 2.47. The van der Waals surface area contributed by atoms with Crippen molar-refractivity contribution < 1.29 is 18.7 Å². The van der Waals surface area contributed by atoms with Crippen LogP contribution in [0.15, 0.2) is 18.2 Å². The van der Waals surface area contributed by atoms with Crippen LogP contribution in [0.2, 0.25) is 19.6 Å². The maximum atomic E-state index is 12.3. The number of hydrogen-bond acceptors (Lipinski definition) is 5. The zero-order valence-electron chi connectivity index (χ0n) is 15.0. The van der Waals surface area contributed by atoms with Gasteiger partial charge in [-0.3, -0.25) is 4.79 Å². The molecule has 0 radical (unpaired) electrons. The molecule has 1 aliphatic rings. The normalized spacial score (nSPS) is 23.1. The van der Waals surface area contributed by atoms with Gasteiger partial charge in [-0.25, -0.2) is 0 Å². The third-order valence-electron chi connectivity index (χ3n) is 4.03. The van der Waals surface area contributed by atoms with Gasteiger partial charge in [0.2, 0.25) is 0 Å². The molecule has 0 bridgehead atoms. The molecule has 0 N–H and O–H groups in total. The molecule has 1 aromatic rings. The number of methoxy groups -OCH3 is 1. The summed E-state index contributed by atoms with van der Waals surface area (Å²) in [4.78, 5) is 12.3. The fraction of sp³-hybridized carbons (Fsp3) is 0.556. The molecule has 0 saturated carbocycles. The zero-order valence-corrected chi connectivity index (χ0v) is 16.0. The maximum absolute atomic E-state index is 12.3. The van der Waals surface area contributed by atoms with E-state index in [1.807, 2.05) is 37.8 Å². The van der Waals surface area contributed by atoms with E-state index in [4.69, 9.17) is 13.9 Å². The van der Waals surface area contributed by atoms with Crippen molar-refractivity contribution in [2.24, 2.45) is 5.92 Å². The van der Waals surface area contributed by atoms with Gasteiger partial charge in [0.25, 0.3) is 0 Å². The summed E-state index contributed by atoms with van der Waals surface area (Å²) in [6.45, 7) is 8.25. The highest BCUT2D eigenvalue weighted by molar-refractivity contribution is 6.69. The van der Waals surface area contributed by atoms with E-state index < -0.39 is 13.9 Å². The van der Waals surface area contributed by atoms with Crippen LogP contribution in [0, 0.1) is 17.2 Å². The minimum Gasteiger partial charge on any atom is -0.497 e. The van der Waals surface area contributed by atoms with Gasteiger partial charge in [-0.05, 0) is 50.7 Å². The molecule has 2 unspecified atom stereocenters. The number of nitriles is 1. The molecular formula is C18H25NO4Si. The van der Waals surface area contributed by atoms with E-state index in [2.05, 4.69) is 6.07 Å². The van der Waals surface area contributed by atoms with Crippen molar-refractivity contribution in [3.63, 3.8) is 0 Å². The monoisotopic (exact) mass is 347 g/mol. The maximum Gasteiger partial charge on any atom is 0.309 e.